The number of ether oxygens (including phenoxy) is 2. The van der Waals surface area contributed by atoms with Crippen molar-refractivity contribution in [2.24, 2.45) is 5.92 Å². The second kappa shape index (κ2) is 5.58. The topological polar surface area (TPSA) is 88.0 Å². The van der Waals surface area contributed by atoms with Crippen LogP contribution in [0.1, 0.15) is 13.8 Å². The first-order chi connectivity index (χ1) is 7.51. The third kappa shape index (κ3) is 2.70. The number of aliphatic hydroxyl groups excluding tert-OH is 2. The number of nitrogens with one attached hydrogen (secondary N) is 1. The van der Waals surface area contributed by atoms with Crippen molar-refractivity contribution in [3.63, 3.8) is 0 Å². The van der Waals surface area contributed by atoms with Gasteiger partial charge in [-0.2, -0.15) is 0 Å². The Hall–Kier alpha value is -0.690. The predicted molar refractivity (Wildman–Crippen MR) is 55.5 cm³/mol. The zero-order valence-electron chi connectivity index (χ0n) is 9.71. The van der Waals surface area contributed by atoms with Crippen LogP contribution < -0.4 is 5.32 Å². The van der Waals surface area contributed by atoms with Crippen LogP contribution in [0.15, 0.2) is 0 Å². The minimum atomic E-state index is -0.826. The molecule has 0 aromatic carbocycles. The zero-order chi connectivity index (χ0) is 12.3. The van der Waals surface area contributed by atoms with Gasteiger partial charge in [0.25, 0.3) is 0 Å². The lowest BCUT2D eigenvalue weighted by Crippen LogP contribution is -2.60. The summed E-state index contributed by atoms with van der Waals surface area (Å²) in [6.07, 6.45) is -2.15. The molecule has 0 spiro atoms. The molecular formula is C10H19NO5. The van der Waals surface area contributed by atoms with Crippen molar-refractivity contribution >= 4 is 5.91 Å². The number of rotatable bonds is 3. The lowest BCUT2D eigenvalue weighted by molar-refractivity contribution is -0.248. The number of hydrogen-bond donors (Lipinski definition) is 3. The molecule has 0 aromatic rings. The number of carbonyl (C=O) groups is 1. The van der Waals surface area contributed by atoms with Crippen molar-refractivity contribution in [2.45, 2.75) is 38.4 Å². The molecule has 0 aliphatic carbocycles. The molecule has 0 aromatic heterocycles. The summed E-state index contributed by atoms with van der Waals surface area (Å²) in [4.78, 5) is 11.0. The van der Waals surface area contributed by atoms with Crippen LogP contribution in [-0.4, -0.2) is 54.4 Å². The minimum Gasteiger partial charge on any atom is -0.394 e. The predicted octanol–water partition coefficient (Wildman–Crippen LogP) is -1.15. The summed E-state index contributed by atoms with van der Waals surface area (Å²) in [5, 5.41) is 21.6. The molecule has 5 atom stereocenters. The molecular weight excluding hydrogens is 214 g/mol. The monoisotopic (exact) mass is 233 g/mol. The lowest BCUT2D eigenvalue weighted by Gasteiger charge is -2.42. The molecule has 1 fully saturated rings. The first-order valence-corrected chi connectivity index (χ1v) is 5.25. The number of aliphatic hydroxyl groups is 2. The molecule has 1 aliphatic rings. The van der Waals surface area contributed by atoms with Gasteiger partial charge in [-0.15, -0.1) is 0 Å². The highest BCUT2D eigenvalue weighted by Crippen LogP contribution is 2.26. The van der Waals surface area contributed by atoms with Crippen molar-refractivity contribution < 1.29 is 24.5 Å². The second-order valence-corrected chi connectivity index (χ2v) is 4.04. The Morgan fingerprint density at radius 1 is 1.56 bits per heavy atom. The van der Waals surface area contributed by atoms with Gasteiger partial charge < -0.3 is 25.0 Å². The molecule has 1 rings (SSSR count). The molecule has 1 saturated heterocycles. The van der Waals surface area contributed by atoms with E-state index >= 15 is 0 Å². The molecule has 1 aliphatic heterocycles. The van der Waals surface area contributed by atoms with Crippen LogP contribution in [-0.2, 0) is 14.3 Å². The van der Waals surface area contributed by atoms with Crippen molar-refractivity contribution in [3.05, 3.63) is 0 Å². The second-order valence-electron chi connectivity index (χ2n) is 4.04. The molecule has 0 unspecified atom stereocenters. The van der Waals surface area contributed by atoms with Crippen LogP contribution in [0, 0.1) is 5.92 Å². The molecule has 6 heteroatoms. The highest BCUT2D eigenvalue weighted by Gasteiger charge is 2.43. The summed E-state index contributed by atoms with van der Waals surface area (Å²) >= 11 is 0. The van der Waals surface area contributed by atoms with Gasteiger partial charge in [-0.1, -0.05) is 6.92 Å². The zero-order valence-corrected chi connectivity index (χ0v) is 9.71. The van der Waals surface area contributed by atoms with Crippen LogP contribution in [0.4, 0.5) is 0 Å². The highest BCUT2D eigenvalue weighted by molar-refractivity contribution is 5.73. The Balaban J connectivity index is 2.77. The fourth-order valence-corrected chi connectivity index (χ4v) is 1.92. The number of amides is 1. The number of carbonyl (C=O) groups excluding carboxylic acids is 1. The van der Waals surface area contributed by atoms with E-state index in [2.05, 4.69) is 5.32 Å². The summed E-state index contributed by atoms with van der Waals surface area (Å²) in [7, 11) is 1.46. The Morgan fingerprint density at radius 2 is 2.19 bits per heavy atom. The molecule has 94 valence electrons. The van der Waals surface area contributed by atoms with Crippen LogP contribution >= 0.6 is 0 Å². The summed E-state index contributed by atoms with van der Waals surface area (Å²) in [5.74, 6) is -0.461. The molecule has 1 heterocycles. The minimum absolute atomic E-state index is 0.211. The quantitative estimate of drug-likeness (QED) is 0.573. The fourth-order valence-electron chi connectivity index (χ4n) is 1.92. The molecule has 1 amide bonds. The Bertz CT molecular complexity index is 245. The van der Waals surface area contributed by atoms with E-state index < -0.39 is 24.5 Å². The van der Waals surface area contributed by atoms with E-state index in [0.717, 1.165) is 0 Å². The van der Waals surface area contributed by atoms with Crippen molar-refractivity contribution in [3.8, 4) is 0 Å². The maximum Gasteiger partial charge on any atom is 0.217 e. The molecule has 16 heavy (non-hydrogen) atoms. The van der Waals surface area contributed by atoms with Crippen LogP contribution in [0.2, 0.25) is 0 Å². The van der Waals surface area contributed by atoms with E-state index in [4.69, 9.17) is 14.6 Å². The maximum absolute atomic E-state index is 11.0. The Morgan fingerprint density at radius 3 is 2.62 bits per heavy atom. The van der Waals surface area contributed by atoms with Gasteiger partial charge in [0.2, 0.25) is 5.91 Å². The van der Waals surface area contributed by atoms with Gasteiger partial charge in [0.15, 0.2) is 6.29 Å². The van der Waals surface area contributed by atoms with Gasteiger partial charge in [0.05, 0.1) is 18.8 Å². The van der Waals surface area contributed by atoms with Crippen molar-refractivity contribution in [2.75, 3.05) is 13.7 Å². The summed E-state index contributed by atoms with van der Waals surface area (Å²) < 4.78 is 10.4. The van der Waals surface area contributed by atoms with E-state index in [1.807, 2.05) is 0 Å². The van der Waals surface area contributed by atoms with Crippen LogP contribution in [0.5, 0.6) is 0 Å². The normalized spacial score (nSPS) is 39.4. The van der Waals surface area contributed by atoms with E-state index in [1.54, 1.807) is 6.92 Å². The van der Waals surface area contributed by atoms with Gasteiger partial charge >= 0.3 is 0 Å². The summed E-state index contributed by atoms with van der Waals surface area (Å²) in [5.41, 5.74) is 0. The lowest BCUT2D eigenvalue weighted by atomic mass is 9.89. The number of hydrogen-bond acceptors (Lipinski definition) is 5. The fraction of sp³-hybridized carbons (Fsp3) is 0.900. The maximum atomic E-state index is 11.0. The van der Waals surface area contributed by atoms with Crippen molar-refractivity contribution in [1.82, 2.24) is 5.32 Å². The molecule has 0 bridgehead atoms. The molecule has 0 saturated carbocycles. The van der Waals surface area contributed by atoms with Crippen molar-refractivity contribution in [1.29, 1.82) is 0 Å². The van der Waals surface area contributed by atoms with Gasteiger partial charge in [-0.25, -0.2) is 0 Å². The van der Waals surface area contributed by atoms with E-state index in [9.17, 15) is 9.90 Å². The SMILES string of the molecule is CO[C@@H]1O[C@H](CO)[C@@H](O)[C@H](C)[C@H]1NC(C)=O. The first-order valence-electron chi connectivity index (χ1n) is 5.25. The van der Waals surface area contributed by atoms with Gasteiger partial charge in [-0.05, 0) is 0 Å². The standard InChI is InChI=1S/C10H19NO5/c1-5-8(11-6(2)13)10(15-3)16-7(4-12)9(5)14/h5,7-10,12,14H,4H2,1-3H3,(H,11,13)/t5-,7-,8-,9+,10-/m1/s1. The van der Waals surface area contributed by atoms with Gasteiger partial charge in [0, 0.05) is 20.0 Å². The smallest absolute Gasteiger partial charge is 0.217 e. The first kappa shape index (κ1) is 13.4. The third-order valence-corrected chi connectivity index (χ3v) is 2.87. The molecule has 3 N–H and O–H groups in total. The largest absolute Gasteiger partial charge is 0.394 e. The van der Waals surface area contributed by atoms with E-state index in [0.29, 0.717) is 0 Å². The average molecular weight is 233 g/mol. The van der Waals surface area contributed by atoms with Crippen LogP contribution in [0.3, 0.4) is 0 Å². The average Bonchev–Trinajstić information content (AvgIpc) is 2.25. The molecule has 0 radical (unpaired) electrons. The summed E-state index contributed by atoms with van der Waals surface area (Å²) in [6.45, 7) is 2.89. The van der Waals surface area contributed by atoms with E-state index in [1.165, 1.54) is 14.0 Å². The van der Waals surface area contributed by atoms with Crippen LogP contribution in [0.25, 0.3) is 0 Å². The molecule has 6 nitrogen and oxygen atoms in total. The summed E-state index contributed by atoms with van der Waals surface area (Å²) in [6, 6.07) is -0.416. The highest BCUT2D eigenvalue weighted by atomic mass is 16.7. The number of methoxy groups -OCH3 is 1. The van der Waals surface area contributed by atoms with Gasteiger partial charge in [-0.3, -0.25) is 4.79 Å². The van der Waals surface area contributed by atoms with Gasteiger partial charge in [0.1, 0.15) is 6.10 Å². The Kier molecular flexibility index (Phi) is 4.67. The third-order valence-electron chi connectivity index (χ3n) is 2.87. The Labute approximate surface area is 94.5 Å². The van der Waals surface area contributed by atoms with E-state index in [-0.39, 0.29) is 18.4 Å².